The summed E-state index contributed by atoms with van der Waals surface area (Å²) in [6.07, 6.45) is -3.49. The molecule has 1 amide bonds. The Labute approximate surface area is 224 Å². The minimum absolute atomic E-state index is 0.0160. The first-order chi connectivity index (χ1) is 18.7. The number of amides is 1. The van der Waals surface area contributed by atoms with E-state index in [4.69, 9.17) is 4.74 Å². The Morgan fingerprint density at radius 2 is 1.87 bits per heavy atom. The molecule has 0 spiro atoms. The first-order valence-corrected chi connectivity index (χ1v) is 12.0. The van der Waals surface area contributed by atoms with E-state index in [2.05, 4.69) is 22.1 Å². The van der Waals surface area contributed by atoms with Gasteiger partial charge in [0.1, 0.15) is 5.75 Å². The summed E-state index contributed by atoms with van der Waals surface area (Å²) in [5, 5.41) is 31.2. The minimum atomic E-state index is -4.50. The highest BCUT2D eigenvalue weighted by atomic mass is 19.4. The van der Waals surface area contributed by atoms with Gasteiger partial charge < -0.3 is 20.1 Å². The maximum Gasteiger partial charge on any atom is 0.475 e. The van der Waals surface area contributed by atoms with Crippen molar-refractivity contribution in [2.24, 2.45) is 0 Å². The summed E-state index contributed by atoms with van der Waals surface area (Å²) in [6.45, 7) is 0.0401. The summed E-state index contributed by atoms with van der Waals surface area (Å²) < 4.78 is 43.8. The van der Waals surface area contributed by atoms with Crippen LogP contribution in [0.4, 0.5) is 13.2 Å². The quantitative estimate of drug-likeness (QED) is 0.270. The molecule has 3 N–H and O–H groups in total. The Hall–Kier alpha value is -4.32. The van der Waals surface area contributed by atoms with Gasteiger partial charge in [0.05, 0.1) is 42.2 Å². The first-order valence-electron chi connectivity index (χ1n) is 12.0. The van der Waals surface area contributed by atoms with Crippen LogP contribution in [0.1, 0.15) is 41.1 Å². The van der Waals surface area contributed by atoms with E-state index in [1.165, 1.54) is 6.07 Å². The number of ether oxygens (including phenoxy) is 1. The third-order valence-corrected chi connectivity index (χ3v) is 5.60. The smallest absolute Gasteiger partial charge is 0.475 e. The lowest BCUT2D eigenvalue weighted by molar-refractivity contribution is -0.137. The van der Waals surface area contributed by atoms with Crippen LogP contribution in [0.15, 0.2) is 72.9 Å². The number of hydrogen-bond acceptors (Lipinski definition) is 6. The number of nitriles is 1. The minimum Gasteiger partial charge on any atom is -0.493 e. The number of aromatic nitrogens is 1. The van der Waals surface area contributed by atoms with E-state index >= 15 is 0 Å². The molecular formula is C28H25BF3N3O4. The molecule has 1 aromatic heterocycles. The molecule has 3 aromatic rings. The van der Waals surface area contributed by atoms with Gasteiger partial charge in [-0.05, 0) is 42.3 Å². The van der Waals surface area contributed by atoms with Gasteiger partial charge in [-0.15, -0.1) is 0 Å². The predicted octanol–water partition coefficient (Wildman–Crippen LogP) is 3.66. The Morgan fingerprint density at radius 3 is 2.51 bits per heavy atom. The number of carbonyl (C=O) groups is 1. The van der Waals surface area contributed by atoms with Crippen LogP contribution in [0.25, 0.3) is 0 Å². The van der Waals surface area contributed by atoms with Gasteiger partial charge in [-0.25, -0.2) is 0 Å². The molecule has 0 aliphatic carbocycles. The van der Waals surface area contributed by atoms with Gasteiger partial charge in [0.2, 0.25) is 5.91 Å². The van der Waals surface area contributed by atoms with Crippen molar-refractivity contribution in [1.29, 1.82) is 5.26 Å². The lowest BCUT2D eigenvalue weighted by Crippen LogP contribution is -2.48. The van der Waals surface area contributed by atoms with Gasteiger partial charge >= 0.3 is 13.3 Å². The van der Waals surface area contributed by atoms with Crippen molar-refractivity contribution in [2.75, 3.05) is 6.61 Å². The normalized spacial score (nSPS) is 12.3. The lowest BCUT2D eigenvalue weighted by Gasteiger charge is -2.18. The number of halogens is 3. The molecule has 2 aromatic carbocycles. The van der Waals surface area contributed by atoms with E-state index in [-0.39, 0.29) is 31.6 Å². The van der Waals surface area contributed by atoms with Gasteiger partial charge in [-0.2, -0.15) is 18.4 Å². The Bertz CT molecular complexity index is 1330. The monoisotopic (exact) mass is 535 g/mol. The average Bonchev–Trinajstić information content (AvgIpc) is 2.91. The highest BCUT2D eigenvalue weighted by molar-refractivity contribution is 6.43. The summed E-state index contributed by atoms with van der Waals surface area (Å²) in [4.78, 5) is 16.1. The van der Waals surface area contributed by atoms with Crippen LogP contribution in [0.2, 0.25) is 0 Å². The fourth-order valence-corrected chi connectivity index (χ4v) is 3.55. The molecule has 0 bridgehead atoms. The molecule has 0 saturated heterocycles. The number of nitrogens with zero attached hydrogens (tertiary/aromatic N) is 2. The molecule has 3 rings (SSSR count). The Morgan fingerprint density at radius 1 is 1.10 bits per heavy atom. The molecule has 39 heavy (non-hydrogen) atoms. The third-order valence-electron chi connectivity index (χ3n) is 5.60. The number of pyridine rings is 1. The molecule has 0 radical (unpaired) electrons. The van der Waals surface area contributed by atoms with Gasteiger partial charge in [0.15, 0.2) is 0 Å². The molecule has 0 saturated carbocycles. The van der Waals surface area contributed by atoms with E-state index in [9.17, 15) is 33.3 Å². The molecule has 7 nitrogen and oxygen atoms in total. The number of rotatable bonds is 10. The SMILES string of the molecule is N#CC(CC#Cc1cccc(OCCC(=O)N[C@@H](Cc2ccccc2)B(O)O)c1)c1ccc(C(F)(F)F)cn1. The summed E-state index contributed by atoms with van der Waals surface area (Å²) >= 11 is 0. The molecule has 1 unspecified atom stereocenters. The second kappa shape index (κ2) is 14.0. The predicted molar refractivity (Wildman–Crippen MR) is 138 cm³/mol. The van der Waals surface area contributed by atoms with E-state index < -0.39 is 36.6 Å². The molecule has 200 valence electrons. The number of benzene rings is 2. The van der Waals surface area contributed by atoms with Gasteiger partial charge in [0, 0.05) is 18.2 Å². The van der Waals surface area contributed by atoms with Crippen molar-refractivity contribution in [2.45, 2.75) is 37.3 Å². The summed E-state index contributed by atoms with van der Waals surface area (Å²) in [6, 6.07) is 20.0. The molecule has 2 atom stereocenters. The Kier molecular flexibility index (Phi) is 10.5. The molecular weight excluding hydrogens is 510 g/mol. The van der Waals surface area contributed by atoms with Crippen molar-refractivity contribution in [3.05, 3.63) is 95.3 Å². The maximum absolute atomic E-state index is 12.7. The number of nitrogens with one attached hydrogen (secondary N) is 1. The second-order valence-electron chi connectivity index (χ2n) is 8.56. The van der Waals surface area contributed by atoms with Crippen LogP contribution in [0.3, 0.4) is 0 Å². The highest BCUT2D eigenvalue weighted by Crippen LogP contribution is 2.29. The zero-order chi connectivity index (χ0) is 28.3. The summed E-state index contributed by atoms with van der Waals surface area (Å²) in [5.41, 5.74) is 0.748. The fourth-order valence-electron chi connectivity index (χ4n) is 3.55. The van der Waals surface area contributed by atoms with E-state index in [1.54, 1.807) is 24.3 Å². The summed E-state index contributed by atoms with van der Waals surface area (Å²) in [7, 11) is -1.72. The van der Waals surface area contributed by atoms with Crippen molar-refractivity contribution in [3.63, 3.8) is 0 Å². The van der Waals surface area contributed by atoms with Crippen LogP contribution in [-0.2, 0) is 17.4 Å². The van der Waals surface area contributed by atoms with Crippen LogP contribution >= 0.6 is 0 Å². The van der Waals surface area contributed by atoms with Crippen LogP contribution < -0.4 is 10.1 Å². The largest absolute Gasteiger partial charge is 0.493 e. The number of hydrogen-bond donors (Lipinski definition) is 3. The van der Waals surface area contributed by atoms with Crippen LogP contribution in [0, 0.1) is 23.2 Å². The molecule has 1 heterocycles. The van der Waals surface area contributed by atoms with Gasteiger partial charge in [-0.1, -0.05) is 48.2 Å². The highest BCUT2D eigenvalue weighted by Gasteiger charge is 2.31. The van der Waals surface area contributed by atoms with Crippen molar-refractivity contribution in [3.8, 4) is 23.7 Å². The van der Waals surface area contributed by atoms with Crippen LogP contribution in [-0.4, -0.2) is 40.6 Å². The van der Waals surface area contributed by atoms with Crippen molar-refractivity contribution < 1.29 is 32.8 Å². The van der Waals surface area contributed by atoms with Crippen molar-refractivity contribution in [1.82, 2.24) is 10.3 Å². The van der Waals surface area contributed by atoms with Crippen molar-refractivity contribution >= 4 is 13.0 Å². The van der Waals surface area contributed by atoms with Gasteiger partial charge in [-0.3, -0.25) is 9.78 Å². The number of carbonyl (C=O) groups excluding carboxylic acids is 1. The summed E-state index contributed by atoms with van der Waals surface area (Å²) in [5.74, 6) is 4.14. The second-order valence-corrected chi connectivity index (χ2v) is 8.56. The Balaban J connectivity index is 1.50. The van der Waals surface area contributed by atoms with Crippen LogP contribution in [0.5, 0.6) is 5.75 Å². The van der Waals surface area contributed by atoms with E-state index in [0.29, 0.717) is 17.5 Å². The van der Waals surface area contributed by atoms with E-state index in [1.807, 2.05) is 36.4 Å². The molecule has 0 aliphatic rings. The average molecular weight is 535 g/mol. The molecule has 0 fully saturated rings. The number of alkyl halides is 3. The third kappa shape index (κ3) is 9.49. The standard InChI is InChI=1S/C28H25BF3N3O4/c30-28(31,32)23-12-13-25(34-19-23)22(18-33)10-4-8-20-9-5-11-24(16-20)39-15-14-27(36)35-26(29(37)38)17-21-6-2-1-3-7-21/h1-3,5-7,9,11-13,16,19,22,26,37-38H,10,14-15,17H2,(H,35,36)/t22?,26-/m0/s1. The zero-order valence-corrected chi connectivity index (χ0v) is 20.7. The molecule has 0 aliphatic heterocycles. The topological polar surface area (TPSA) is 115 Å². The zero-order valence-electron chi connectivity index (χ0n) is 20.7. The molecule has 11 heteroatoms. The van der Waals surface area contributed by atoms with E-state index in [0.717, 1.165) is 11.6 Å². The lowest BCUT2D eigenvalue weighted by atomic mass is 9.76. The first kappa shape index (κ1) is 29.2. The maximum atomic E-state index is 12.7. The fraction of sp³-hybridized carbons (Fsp3) is 0.250. The van der Waals surface area contributed by atoms with Gasteiger partial charge in [0.25, 0.3) is 0 Å².